The molecular weight excluding hydrogens is 949 g/mol. The van der Waals surface area contributed by atoms with Gasteiger partial charge in [0.25, 0.3) is 6.33 Å². The molecule has 376 valence electrons. The first-order valence-corrected chi connectivity index (χ1v) is 24.6. The van der Waals surface area contributed by atoms with Crippen LogP contribution < -0.4 is 9.30 Å². The van der Waals surface area contributed by atoms with Crippen LogP contribution in [0.4, 0.5) is 0 Å². The summed E-state index contributed by atoms with van der Waals surface area (Å²) < 4.78 is 251. The van der Waals surface area contributed by atoms with E-state index >= 15 is 0 Å². The predicted molar refractivity (Wildman–Crippen MR) is 322 cm³/mol. The van der Waals surface area contributed by atoms with Crippen LogP contribution in [-0.2, 0) is 5.41 Å². The molecule has 0 unspecified atom stereocenters. The van der Waals surface area contributed by atoms with Crippen molar-refractivity contribution in [2.75, 3.05) is 0 Å². The van der Waals surface area contributed by atoms with E-state index in [0.29, 0.717) is 27.7 Å². The maximum Gasteiger partial charge on any atom is 0.269 e. The predicted octanol–water partition coefficient (Wildman–Crippen LogP) is 18.5. The van der Waals surface area contributed by atoms with Crippen LogP contribution in [0.1, 0.15) is 80.0 Å². The zero-order chi connectivity index (χ0) is 76.2. The van der Waals surface area contributed by atoms with Crippen LogP contribution in [0.15, 0.2) is 242 Å². The van der Waals surface area contributed by atoms with E-state index < -0.39 is 157 Å². The second-order valence-corrected chi connectivity index (χ2v) is 19.4. The van der Waals surface area contributed by atoms with E-state index in [-0.39, 0.29) is 84.1 Å². The standard InChI is InChI=1S/C73H58N4O/c1-48-21-18-22-49(2)71(48)54-35-38-67-69(43-54)75(47-76(67)72-61(32-20-33-65(72)73(4,5)6)57-41-55(51-23-10-7-11-24-51)40-56(42-57)52-25-12-8-13-26-52)58-29-19-30-59(44-58)78-60-36-37-63-62-31-16-17-34-66(62)77(68(63)45-60)70-39-50(3)64(46-74-70)53-27-14-9-15-28-53/h7-46H,1-6H3/i1D3,2D3,3D3,7D,8D,9D,10D,11D,12D,13D,14D,15D,23D,24D,25D,26D,27D,28D,40D,41D,42D. The fourth-order valence-electron chi connectivity index (χ4n) is 9.91. The number of pyridine rings is 1. The van der Waals surface area contributed by atoms with Gasteiger partial charge in [-0.2, -0.15) is 0 Å². The van der Waals surface area contributed by atoms with Gasteiger partial charge >= 0.3 is 0 Å². The summed E-state index contributed by atoms with van der Waals surface area (Å²) in [6.07, 6.45) is 4.65. The van der Waals surface area contributed by atoms with Crippen molar-refractivity contribution in [3.8, 4) is 84.3 Å². The molecule has 0 amide bonds. The van der Waals surface area contributed by atoms with Crippen LogP contribution in [0.2, 0.25) is 0 Å². The number of hydrogen-bond donors (Lipinski definition) is 0. The number of nitrogens with zero attached hydrogens (tertiary/aromatic N) is 4. The molecule has 0 fully saturated rings. The molecule has 0 spiro atoms. The quantitative estimate of drug-likeness (QED) is 0.101. The number of rotatable bonds is 10. The summed E-state index contributed by atoms with van der Waals surface area (Å²) >= 11 is 0. The van der Waals surface area contributed by atoms with E-state index in [1.165, 1.54) is 42.6 Å². The van der Waals surface area contributed by atoms with Crippen molar-refractivity contribution in [3.63, 3.8) is 0 Å². The fraction of sp³-hybridized carbons (Fsp3) is 0.0959. The lowest BCUT2D eigenvalue weighted by Gasteiger charge is -2.26. The SMILES string of the molecule is [2H]c1c([2H])c([2H])c(-c2cnc(-n3c4ccccc4c4ccc(Oc5cccc(-n6[c-][n+](-c7c(-c8c([2H])c(-c9c([2H])c([2H])c([2H])c([2H])c9[2H])c([2H])c(-c9c([2H])c([2H])c([2H])c([2H])c9[2H])c8[2H])cccc7C(C)(C)C)c7ccc(-c8c(C([2H])([2H])[2H])cccc8C([2H])([2H])[2H])cc76)c5)cc43)cc2C([2H])([2H])[2H])c([2H])c1[2H]. The van der Waals surface area contributed by atoms with Crippen LogP contribution in [0.25, 0.3) is 106 Å². The highest BCUT2D eigenvalue weighted by atomic mass is 16.5. The Morgan fingerprint density at radius 2 is 1.15 bits per heavy atom. The second kappa shape index (κ2) is 19.5. The average Bonchev–Trinajstić information content (AvgIpc) is 1.72. The molecule has 10 aromatic carbocycles. The molecule has 0 aliphatic rings. The third-order valence-electron chi connectivity index (χ3n) is 13.4. The van der Waals surface area contributed by atoms with E-state index in [2.05, 4.69) is 6.33 Å². The number of ether oxygens (including phenoxy) is 1. The fourth-order valence-corrected chi connectivity index (χ4v) is 9.91. The van der Waals surface area contributed by atoms with Gasteiger partial charge in [-0.25, -0.2) is 4.98 Å². The van der Waals surface area contributed by atoms with Gasteiger partial charge in [-0.05, 0) is 165 Å². The molecule has 3 aromatic heterocycles. The number of hydrogen-bond acceptors (Lipinski definition) is 2. The third-order valence-corrected chi connectivity index (χ3v) is 13.4. The summed E-state index contributed by atoms with van der Waals surface area (Å²) in [5.74, 6) is 0.558. The summed E-state index contributed by atoms with van der Waals surface area (Å²) in [6.45, 7) is -2.97. The first kappa shape index (κ1) is 27.0. The molecule has 13 rings (SSSR count). The normalized spacial score (nSPS) is 17.1. The van der Waals surface area contributed by atoms with Gasteiger partial charge in [0.1, 0.15) is 17.3 Å². The van der Waals surface area contributed by atoms with E-state index in [9.17, 15) is 9.60 Å². The van der Waals surface area contributed by atoms with Crippen LogP contribution in [0.3, 0.4) is 0 Å². The van der Waals surface area contributed by atoms with Gasteiger partial charge in [-0.1, -0.05) is 184 Å². The number of benzene rings is 10. The molecule has 5 heteroatoms. The molecule has 78 heavy (non-hydrogen) atoms. The lowest BCUT2D eigenvalue weighted by Crippen LogP contribution is -2.34. The zero-order valence-electron chi connectivity index (χ0n) is 68.9. The zero-order valence-corrected chi connectivity index (χ0v) is 41.9. The Balaban J connectivity index is 1.06. The van der Waals surface area contributed by atoms with Crippen molar-refractivity contribution in [2.45, 2.75) is 46.7 Å². The first-order valence-electron chi connectivity index (χ1n) is 38.1. The number of para-hydroxylation sites is 2. The van der Waals surface area contributed by atoms with Crippen molar-refractivity contribution in [1.82, 2.24) is 14.1 Å². The van der Waals surface area contributed by atoms with Gasteiger partial charge in [0.15, 0.2) is 0 Å². The minimum absolute atomic E-state index is 0.00109. The van der Waals surface area contributed by atoms with Gasteiger partial charge in [-0.3, -0.25) is 13.7 Å². The van der Waals surface area contributed by atoms with Gasteiger partial charge in [0, 0.05) is 40.9 Å². The highest BCUT2D eigenvalue weighted by Gasteiger charge is 2.26. The summed E-state index contributed by atoms with van der Waals surface area (Å²) in [5.41, 5.74) is -2.67. The van der Waals surface area contributed by atoms with Gasteiger partial charge in [0.05, 0.1) is 58.1 Å². The van der Waals surface area contributed by atoms with Crippen molar-refractivity contribution in [2.24, 2.45) is 0 Å². The van der Waals surface area contributed by atoms with Crippen LogP contribution >= 0.6 is 0 Å². The Bertz CT molecular complexity index is 5670. The van der Waals surface area contributed by atoms with Crippen molar-refractivity contribution in [1.29, 1.82) is 0 Å². The summed E-state index contributed by atoms with van der Waals surface area (Å²) in [5, 5.41) is 1.42. The van der Waals surface area contributed by atoms with Crippen molar-refractivity contribution in [3.05, 3.63) is 271 Å². The number of aromatic nitrogens is 4. The molecular formula is C73H58N4O. The first-order chi connectivity index (χ1) is 49.2. The largest absolute Gasteiger partial charge is 0.458 e. The molecule has 13 aromatic rings. The molecule has 0 bridgehead atoms. The molecule has 0 aliphatic carbocycles. The molecule has 3 heterocycles. The maximum atomic E-state index is 10.2. The number of aryl methyl sites for hydroxylation is 3. The molecule has 0 aliphatic heterocycles. The average molecular weight is 1030 g/mol. The van der Waals surface area contributed by atoms with Crippen LogP contribution in [-0.4, -0.2) is 14.1 Å². The Morgan fingerprint density at radius 3 is 1.86 bits per heavy atom. The number of fused-ring (bicyclic) bond motifs is 4. The van der Waals surface area contributed by atoms with Gasteiger partial charge in [-0.15, -0.1) is 0 Å². The van der Waals surface area contributed by atoms with E-state index in [1.807, 2.05) is 32.9 Å². The topological polar surface area (TPSA) is 35.9 Å². The summed E-state index contributed by atoms with van der Waals surface area (Å²) in [6, 6.07) is 20.2. The van der Waals surface area contributed by atoms with Crippen molar-refractivity contribution >= 4 is 32.8 Å². The molecule has 0 radical (unpaired) electrons. The Hall–Kier alpha value is -9.58. The third kappa shape index (κ3) is 8.73. The number of imidazole rings is 1. The molecule has 5 nitrogen and oxygen atoms in total. The Kier molecular flexibility index (Phi) is 6.75. The highest BCUT2D eigenvalue weighted by Crippen LogP contribution is 2.41. The lowest BCUT2D eigenvalue weighted by molar-refractivity contribution is -0.572. The maximum absolute atomic E-state index is 10.2. The molecule has 0 saturated carbocycles. The van der Waals surface area contributed by atoms with Crippen molar-refractivity contribution < 1.29 is 46.3 Å². The lowest BCUT2D eigenvalue weighted by atomic mass is 9.82. The monoisotopic (exact) mass is 1030 g/mol. The molecule has 0 N–H and O–H groups in total. The van der Waals surface area contributed by atoms with Gasteiger partial charge in [0.2, 0.25) is 0 Å². The van der Waals surface area contributed by atoms with E-state index in [0.717, 1.165) is 5.39 Å². The Morgan fingerprint density at radius 1 is 0.513 bits per heavy atom. The van der Waals surface area contributed by atoms with E-state index in [4.69, 9.17) is 37.1 Å². The molecule has 0 atom stereocenters. The van der Waals surface area contributed by atoms with E-state index in [1.54, 1.807) is 92.6 Å². The summed E-state index contributed by atoms with van der Waals surface area (Å²) in [7, 11) is 0. The van der Waals surface area contributed by atoms with Crippen LogP contribution in [0, 0.1) is 26.9 Å². The summed E-state index contributed by atoms with van der Waals surface area (Å²) in [4.78, 5) is 4.70. The highest BCUT2D eigenvalue weighted by molar-refractivity contribution is 6.09. The van der Waals surface area contributed by atoms with Crippen LogP contribution in [0.5, 0.6) is 11.5 Å². The minimum Gasteiger partial charge on any atom is -0.458 e. The second-order valence-electron chi connectivity index (χ2n) is 19.4. The molecule has 0 saturated heterocycles. The minimum atomic E-state index is -2.89. The Labute approximate surface area is 494 Å². The smallest absolute Gasteiger partial charge is 0.269 e. The van der Waals surface area contributed by atoms with Gasteiger partial charge < -0.3 is 4.74 Å².